The third kappa shape index (κ3) is 3.47. The Hall–Kier alpha value is -1.88. The summed E-state index contributed by atoms with van der Waals surface area (Å²) in [6, 6.07) is 9.36. The average molecular weight is 305 g/mol. The molecule has 22 heavy (non-hydrogen) atoms. The molecule has 120 valence electrons. The van der Waals surface area contributed by atoms with Crippen LogP contribution in [0.1, 0.15) is 26.3 Å². The molecule has 1 aromatic carbocycles. The predicted molar refractivity (Wildman–Crippen MR) is 82.1 cm³/mol. The van der Waals surface area contributed by atoms with E-state index in [2.05, 4.69) is 0 Å². The van der Waals surface area contributed by atoms with Gasteiger partial charge in [-0.15, -0.1) is 0 Å². The van der Waals surface area contributed by atoms with Crippen LogP contribution in [0.5, 0.6) is 0 Å². The Morgan fingerprint density at radius 3 is 2.55 bits per heavy atom. The average Bonchev–Trinajstić information content (AvgIpc) is 2.86. The molecule has 1 heterocycles. The Kier molecular flexibility index (Phi) is 5.19. The molecule has 2 rings (SSSR count). The molecular formula is C17H23NO4. The lowest BCUT2D eigenvalue weighted by molar-refractivity contribution is -0.137. The minimum Gasteiger partial charge on any atom is -0.447 e. The van der Waals surface area contributed by atoms with Gasteiger partial charge in [-0.2, -0.15) is 0 Å². The first-order valence-corrected chi connectivity index (χ1v) is 7.63. The molecule has 2 amide bonds. The van der Waals surface area contributed by atoms with Crippen LogP contribution in [0.4, 0.5) is 4.79 Å². The second-order valence-electron chi connectivity index (χ2n) is 6.15. The Morgan fingerprint density at radius 2 is 1.95 bits per heavy atom. The van der Waals surface area contributed by atoms with E-state index in [1.165, 1.54) is 4.90 Å². The number of aliphatic hydroxyl groups excluding tert-OH is 1. The van der Waals surface area contributed by atoms with Gasteiger partial charge in [0.15, 0.2) is 0 Å². The number of benzene rings is 1. The fraction of sp³-hybridized carbons (Fsp3) is 0.529. The van der Waals surface area contributed by atoms with Crippen LogP contribution in [0.15, 0.2) is 30.3 Å². The summed E-state index contributed by atoms with van der Waals surface area (Å²) < 4.78 is 5.05. The standard InChI is InChI=1S/C17H23NO4/c1-11(2)15(19)12(3)16(20)18-14(10-22-17(18)21)9-13-7-5-4-6-8-13/h4-8,11-12,14-15,19H,9-10H2,1-3H3/t12-,14-,15-/m0/s1. The number of carbonyl (C=O) groups is 2. The van der Waals surface area contributed by atoms with Crippen molar-refractivity contribution in [1.29, 1.82) is 0 Å². The molecule has 1 aliphatic rings. The topological polar surface area (TPSA) is 66.8 Å². The number of aliphatic hydroxyl groups is 1. The number of amides is 2. The number of hydrogen-bond donors (Lipinski definition) is 1. The highest BCUT2D eigenvalue weighted by molar-refractivity contribution is 5.95. The molecule has 5 nitrogen and oxygen atoms in total. The zero-order valence-electron chi connectivity index (χ0n) is 13.2. The Labute approximate surface area is 130 Å². The first-order valence-electron chi connectivity index (χ1n) is 7.63. The van der Waals surface area contributed by atoms with E-state index in [4.69, 9.17) is 4.74 Å². The van der Waals surface area contributed by atoms with Crippen LogP contribution in [-0.2, 0) is 16.0 Å². The highest BCUT2D eigenvalue weighted by atomic mass is 16.6. The molecule has 1 aliphatic heterocycles. The van der Waals surface area contributed by atoms with E-state index in [-0.39, 0.29) is 24.5 Å². The normalized spacial score (nSPS) is 20.9. The highest BCUT2D eigenvalue weighted by Crippen LogP contribution is 2.23. The maximum Gasteiger partial charge on any atom is 0.416 e. The summed E-state index contributed by atoms with van der Waals surface area (Å²) in [6.45, 7) is 5.54. The smallest absolute Gasteiger partial charge is 0.416 e. The van der Waals surface area contributed by atoms with Crippen molar-refractivity contribution in [3.05, 3.63) is 35.9 Å². The monoisotopic (exact) mass is 305 g/mol. The number of hydrogen-bond acceptors (Lipinski definition) is 4. The predicted octanol–water partition coefficient (Wildman–Crippen LogP) is 2.23. The minimum atomic E-state index is -0.779. The molecule has 1 saturated heterocycles. The van der Waals surface area contributed by atoms with E-state index >= 15 is 0 Å². The van der Waals surface area contributed by atoms with Gasteiger partial charge in [0.05, 0.1) is 18.1 Å². The number of rotatable bonds is 5. The lowest BCUT2D eigenvalue weighted by Gasteiger charge is -2.27. The van der Waals surface area contributed by atoms with Gasteiger partial charge in [0.1, 0.15) is 6.61 Å². The molecule has 0 radical (unpaired) electrons. The van der Waals surface area contributed by atoms with E-state index in [9.17, 15) is 14.7 Å². The van der Waals surface area contributed by atoms with Crippen LogP contribution < -0.4 is 0 Å². The van der Waals surface area contributed by atoms with Gasteiger partial charge in [0.25, 0.3) is 0 Å². The molecule has 0 aliphatic carbocycles. The van der Waals surface area contributed by atoms with Gasteiger partial charge in [0.2, 0.25) is 5.91 Å². The molecule has 0 unspecified atom stereocenters. The van der Waals surface area contributed by atoms with Gasteiger partial charge in [-0.3, -0.25) is 4.79 Å². The van der Waals surface area contributed by atoms with Crippen LogP contribution in [-0.4, -0.2) is 40.8 Å². The number of ether oxygens (including phenoxy) is 1. The summed E-state index contributed by atoms with van der Waals surface area (Å²) in [5, 5.41) is 10.1. The molecule has 5 heteroatoms. The number of cyclic esters (lactones) is 1. The fourth-order valence-corrected chi connectivity index (χ4v) is 2.71. The summed E-state index contributed by atoms with van der Waals surface area (Å²) in [7, 11) is 0. The van der Waals surface area contributed by atoms with E-state index < -0.39 is 18.1 Å². The van der Waals surface area contributed by atoms with Crippen molar-refractivity contribution >= 4 is 12.0 Å². The van der Waals surface area contributed by atoms with Crippen LogP contribution in [0, 0.1) is 11.8 Å². The van der Waals surface area contributed by atoms with Crippen molar-refractivity contribution in [2.24, 2.45) is 11.8 Å². The molecule has 1 aromatic rings. The summed E-state index contributed by atoms with van der Waals surface area (Å²) in [6.07, 6.45) is -0.838. The Morgan fingerprint density at radius 1 is 1.32 bits per heavy atom. The summed E-state index contributed by atoms with van der Waals surface area (Å²) >= 11 is 0. The van der Waals surface area contributed by atoms with Crippen molar-refractivity contribution in [3.8, 4) is 0 Å². The van der Waals surface area contributed by atoms with Crippen molar-refractivity contribution in [1.82, 2.24) is 4.90 Å². The largest absolute Gasteiger partial charge is 0.447 e. The van der Waals surface area contributed by atoms with Gasteiger partial charge in [0, 0.05) is 0 Å². The first kappa shape index (κ1) is 16.5. The van der Waals surface area contributed by atoms with E-state index in [0.29, 0.717) is 6.42 Å². The second-order valence-corrected chi connectivity index (χ2v) is 6.15. The van der Waals surface area contributed by atoms with Gasteiger partial charge in [-0.05, 0) is 17.9 Å². The van der Waals surface area contributed by atoms with Crippen molar-refractivity contribution in [2.75, 3.05) is 6.61 Å². The molecule has 3 atom stereocenters. The second kappa shape index (κ2) is 6.92. The van der Waals surface area contributed by atoms with E-state index in [0.717, 1.165) is 5.56 Å². The zero-order valence-corrected chi connectivity index (χ0v) is 13.2. The lowest BCUT2D eigenvalue weighted by atomic mass is 9.93. The summed E-state index contributed by atoms with van der Waals surface area (Å²) in [4.78, 5) is 25.7. The SMILES string of the molecule is CC(C)[C@H](O)[C@H](C)C(=O)N1C(=O)OC[C@@H]1Cc1ccccc1. The third-order valence-corrected chi connectivity index (χ3v) is 4.10. The maximum atomic E-state index is 12.6. The van der Waals surface area contributed by atoms with Crippen LogP contribution >= 0.6 is 0 Å². The molecule has 1 N–H and O–H groups in total. The minimum absolute atomic E-state index is 0.0508. The van der Waals surface area contributed by atoms with E-state index in [1.807, 2.05) is 44.2 Å². The van der Waals surface area contributed by atoms with Crippen molar-refractivity contribution < 1.29 is 19.4 Å². The Balaban J connectivity index is 2.12. The van der Waals surface area contributed by atoms with Crippen LogP contribution in [0.3, 0.4) is 0 Å². The van der Waals surface area contributed by atoms with Gasteiger partial charge >= 0.3 is 6.09 Å². The van der Waals surface area contributed by atoms with Gasteiger partial charge in [-0.1, -0.05) is 51.1 Å². The van der Waals surface area contributed by atoms with Crippen molar-refractivity contribution in [2.45, 2.75) is 39.3 Å². The van der Waals surface area contributed by atoms with Gasteiger partial charge < -0.3 is 9.84 Å². The van der Waals surface area contributed by atoms with Gasteiger partial charge in [-0.25, -0.2) is 9.69 Å². The molecule has 0 saturated carbocycles. The molecular weight excluding hydrogens is 282 g/mol. The zero-order chi connectivity index (χ0) is 16.3. The molecule has 0 aromatic heterocycles. The first-order chi connectivity index (χ1) is 10.4. The van der Waals surface area contributed by atoms with Crippen LogP contribution in [0.25, 0.3) is 0 Å². The van der Waals surface area contributed by atoms with E-state index in [1.54, 1.807) is 6.92 Å². The maximum absolute atomic E-state index is 12.6. The highest BCUT2D eigenvalue weighted by Gasteiger charge is 2.41. The number of carbonyl (C=O) groups excluding carboxylic acids is 2. The quantitative estimate of drug-likeness (QED) is 0.906. The lowest BCUT2D eigenvalue weighted by Crippen LogP contribution is -2.46. The third-order valence-electron chi connectivity index (χ3n) is 4.10. The Bertz CT molecular complexity index is 529. The number of nitrogens with zero attached hydrogens (tertiary/aromatic N) is 1. The van der Waals surface area contributed by atoms with Crippen molar-refractivity contribution in [3.63, 3.8) is 0 Å². The molecule has 0 bridgehead atoms. The molecule has 0 spiro atoms. The summed E-state index contributed by atoms with van der Waals surface area (Å²) in [5.74, 6) is -1.06. The number of imide groups is 1. The summed E-state index contributed by atoms with van der Waals surface area (Å²) in [5.41, 5.74) is 1.04. The van der Waals surface area contributed by atoms with Crippen LogP contribution in [0.2, 0.25) is 0 Å². The molecule has 1 fully saturated rings. The fourth-order valence-electron chi connectivity index (χ4n) is 2.71.